The van der Waals surface area contributed by atoms with Gasteiger partial charge in [-0.3, -0.25) is 4.79 Å². The lowest BCUT2D eigenvalue weighted by Crippen LogP contribution is -2.49. The van der Waals surface area contributed by atoms with Gasteiger partial charge in [-0.05, 0) is 31.2 Å². The standard InChI is InChI=1S/C17H12F6N2O2S/c1-15(8-24,9-27-12-6-13(28-7-12)17(21,22)23)25-14(26)10-2-4-11(5-3-10)16(18,19)20/h2-7H,9H2,1H3,(H,25,26). The van der Waals surface area contributed by atoms with Crippen LogP contribution < -0.4 is 10.1 Å². The Morgan fingerprint density at radius 1 is 1.14 bits per heavy atom. The quantitative estimate of drug-likeness (QED) is 0.699. The largest absolute Gasteiger partial charge is 0.489 e. The molecule has 11 heteroatoms. The van der Waals surface area contributed by atoms with Crippen molar-refractivity contribution in [3.05, 3.63) is 51.7 Å². The number of rotatable bonds is 5. The number of carbonyl (C=O) groups excluding carboxylic acids is 1. The lowest BCUT2D eigenvalue weighted by Gasteiger charge is -2.23. The average molecular weight is 422 g/mol. The lowest BCUT2D eigenvalue weighted by molar-refractivity contribution is -0.137. The van der Waals surface area contributed by atoms with Crippen molar-refractivity contribution in [3.63, 3.8) is 0 Å². The summed E-state index contributed by atoms with van der Waals surface area (Å²) < 4.78 is 80.6. The average Bonchev–Trinajstić information content (AvgIpc) is 3.09. The summed E-state index contributed by atoms with van der Waals surface area (Å²) in [6.07, 6.45) is -9.08. The van der Waals surface area contributed by atoms with Crippen molar-refractivity contribution in [1.82, 2.24) is 5.32 Å². The number of halogens is 6. The van der Waals surface area contributed by atoms with Crippen molar-refractivity contribution in [2.75, 3.05) is 6.61 Å². The van der Waals surface area contributed by atoms with Crippen LogP contribution in [0, 0.1) is 11.3 Å². The molecule has 0 radical (unpaired) electrons. The van der Waals surface area contributed by atoms with Crippen molar-refractivity contribution in [2.24, 2.45) is 0 Å². The third-order valence-corrected chi connectivity index (χ3v) is 4.45. The van der Waals surface area contributed by atoms with Crippen molar-refractivity contribution >= 4 is 17.2 Å². The third-order valence-electron chi connectivity index (χ3n) is 3.49. The van der Waals surface area contributed by atoms with Crippen LogP contribution in [-0.4, -0.2) is 18.1 Å². The maximum absolute atomic E-state index is 12.6. The highest BCUT2D eigenvalue weighted by Crippen LogP contribution is 2.36. The molecule has 1 N–H and O–H groups in total. The summed E-state index contributed by atoms with van der Waals surface area (Å²) in [6, 6.07) is 5.87. The molecule has 150 valence electrons. The molecule has 0 saturated carbocycles. The van der Waals surface area contributed by atoms with E-state index in [0.717, 1.165) is 35.7 Å². The van der Waals surface area contributed by atoms with E-state index in [-0.39, 0.29) is 11.3 Å². The molecule has 2 rings (SSSR count). The van der Waals surface area contributed by atoms with E-state index in [1.54, 1.807) is 6.07 Å². The number of nitrogens with zero attached hydrogens (tertiary/aromatic N) is 1. The summed E-state index contributed by atoms with van der Waals surface area (Å²) in [4.78, 5) is 11.3. The molecule has 0 aliphatic heterocycles. The summed E-state index contributed by atoms with van der Waals surface area (Å²) in [5, 5.41) is 12.7. The Kier molecular flexibility index (Phi) is 5.94. The molecule has 1 heterocycles. The molecule has 0 saturated heterocycles. The van der Waals surface area contributed by atoms with Crippen LogP contribution in [0.15, 0.2) is 35.7 Å². The summed E-state index contributed by atoms with van der Waals surface area (Å²) in [7, 11) is 0. The molecule has 0 aliphatic carbocycles. The summed E-state index contributed by atoms with van der Waals surface area (Å²) in [5.74, 6) is -0.953. The molecule has 1 unspecified atom stereocenters. The normalized spacial score (nSPS) is 14.1. The molecule has 4 nitrogen and oxygen atoms in total. The highest BCUT2D eigenvalue weighted by Gasteiger charge is 2.34. The van der Waals surface area contributed by atoms with E-state index in [2.05, 4.69) is 5.32 Å². The number of benzene rings is 1. The number of amides is 1. The monoisotopic (exact) mass is 422 g/mol. The maximum Gasteiger partial charge on any atom is 0.425 e. The second-order valence-electron chi connectivity index (χ2n) is 5.91. The van der Waals surface area contributed by atoms with Gasteiger partial charge in [0.2, 0.25) is 0 Å². The molecule has 28 heavy (non-hydrogen) atoms. The van der Waals surface area contributed by atoms with Crippen LogP contribution in [0.5, 0.6) is 5.75 Å². The molecule has 0 bridgehead atoms. The number of hydrogen-bond donors (Lipinski definition) is 1. The Labute approximate surface area is 159 Å². The molecule has 1 aromatic carbocycles. The zero-order valence-corrected chi connectivity index (χ0v) is 14.9. The number of carbonyl (C=O) groups is 1. The van der Waals surface area contributed by atoms with Gasteiger partial charge < -0.3 is 10.1 Å². The number of nitrogens with one attached hydrogen (secondary N) is 1. The van der Waals surface area contributed by atoms with E-state index in [1.165, 1.54) is 6.92 Å². The minimum Gasteiger partial charge on any atom is -0.489 e. The first-order valence-corrected chi connectivity index (χ1v) is 8.41. The molecule has 0 aliphatic rings. The number of nitriles is 1. The molecule has 1 amide bonds. The molecule has 2 aromatic rings. The van der Waals surface area contributed by atoms with E-state index in [0.29, 0.717) is 11.3 Å². The fourth-order valence-corrected chi connectivity index (χ4v) is 2.70. The van der Waals surface area contributed by atoms with E-state index in [4.69, 9.17) is 4.74 Å². The second-order valence-corrected chi connectivity index (χ2v) is 6.82. The second kappa shape index (κ2) is 7.71. The van der Waals surface area contributed by atoms with Crippen LogP contribution >= 0.6 is 11.3 Å². The summed E-state index contributed by atoms with van der Waals surface area (Å²) in [5.41, 5.74) is -2.68. The maximum atomic E-state index is 12.6. The Balaban J connectivity index is 2.04. The topological polar surface area (TPSA) is 62.1 Å². The van der Waals surface area contributed by atoms with Gasteiger partial charge >= 0.3 is 12.4 Å². The molecule has 1 aromatic heterocycles. The Morgan fingerprint density at radius 2 is 1.75 bits per heavy atom. The van der Waals surface area contributed by atoms with Gasteiger partial charge in [0, 0.05) is 17.0 Å². The lowest BCUT2D eigenvalue weighted by atomic mass is 10.0. The van der Waals surface area contributed by atoms with Crippen molar-refractivity contribution in [3.8, 4) is 11.8 Å². The molecule has 1 atom stereocenters. The number of alkyl halides is 6. The van der Waals surface area contributed by atoms with Crippen molar-refractivity contribution in [2.45, 2.75) is 24.8 Å². The number of thiophene rings is 1. The van der Waals surface area contributed by atoms with Crippen LogP contribution in [0.4, 0.5) is 26.3 Å². The molecule has 0 spiro atoms. The van der Waals surface area contributed by atoms with Crippen LogP contribution in [0.25, 0.3) is 0 Å². The van der Waals surface area contributed by atoms with Gasteiger partial charge in [0.1, 0.15) is 17.2 Å². The van der Waals surface area contributed by atoms with Gasteiger partial charge in [0.15, 0.2) is 5.54 Å². The van der Waals surface area contributed by atoms with Crippen LogP contribution in [0.2, 0.25) is 0 Å². The first-order valence-electron chi connectivity index (χ1n) is 7.54. The van der Waals surface area contributed by atoms with Crippen LogP contribution in [0.1, 0.15) is 27.7 Å². The fraction of sp³-hybridized carbons (Fsp3) is 0.294. The Bertz CT molecular complexity index is 883. The van der Waals surface area contributed by atoms with Gasteiger partial charge in [-0.2, -0.15) is 31.6 Å². The first kappa shape index (κ1) is 21.6. The van der Waals surface area contributed by atoms with Crippen molar-refractivity contribution < 1.29 is 35.9 Å². The predicted octanol–water partition coefficient (Wildman–Crippen LogP) is 4.88. The van der Waals surface area contributed by atoms with Gasteiger partial charge in [0.25, 0.3) is 5.91 Å². The van der Waals surface area contributed by atoms with Gasteiger partial charge in [0.05, 0.1) is 11.6 Å². The highest BCUT2D eigenvalue weighted by molar-refractivity contribution is 7.10. The fourth-order valence-electron chi connectivity index (χ4n) is 2.00. The molecular formula is C17H12F6N2O2S. The highest BCUT2D eigenvalue weighted by atomic mass is 32.1. The number of hydrogen-bond acceptors (Lipinski definition) is 4. The van der Waals surface area contributed by atoms with Crippen LogP contribution in [-0.2, 0) is 12.4 Å². The first-order chi connectivity index (χ1) is 12.8. The van der Waals surface area contributed by atoms with Gasteiger partial charge in [-0.25, -0.2) is 0 Å². The van der Waals surface area contributed by atoms with Gasteiger partial charge in [-0.1, -0.05) is 0 Å². The number of ether oxygens (including phenoxy) is 1. The predicted molar refractivity (Wildman–Crippen MR) is 87.7 cm³/mol. The minimum absolute atomic E-state index is 0.121. The summed E-state index contributed by atoms with van der Waals surface area (Å²) >= 11 is 0.417. The van der Waals surface area contributed by atoms with E-state index in [9.17, 15) is 36.4 Å². The SMILES string of the molecule is CC(C#N)(COc1csc(C(F)(F)F)c1)NC(=O)c1ccc(C(F)(F)F)cc1. The van der Waals surface area contributed by atoms with Gasteiger partial charge in [-0.15, -0.1) is 11.3 Å². The van der Waals surface area contributed by atoms with E-state index in [1.807, 2.05) is 0 Å². The molecule has 0 fully saturated rings. The van der Waals surface area contributed by atoms with Crippen LogP contribution in [0.3, 0.4) is 0 Å². The van der Waals surface area contributed by atoms with Crippen molar-refractivity contribution in [1.29, 1.82) is 5.26 Å². The van der Waals surface area contributed by atoms with E-state index >= 15 is 0 Å². The zero-order valence-electron chi connectivity index (χ0n) is 14.1. The minimum atomic E-state index is -4.56. The van der Waals surface area contributed by atoms with E-state index < -0.39 is 40.8 Å². The third kappa shape index (κ3) is 5.39. The summed E-state index contributed by atoms with van der Waals surface area (Å²) in [6.45, 7) is 0.802. The smallest absolute Gasteiger partial charge is 0.425 e. The zero-order chi connectivity index (χ0) is 21.2. The molecular weight excluding hydrogens is 410 g/mol. The Hall–Kier alpha value is -2.74. The Morgan fingerprint density at radius 3 is 2.21 bits per heavy atom.